The summed E-state index contributed by atoms with van der Waals surface area (Å²) < 4.78 is 83.0. The molecule has 0 aromatic heterocycles. The van der Waals surface area contributed by atoms with Gasteiger partial charge in [0.1, 0.15) is 0 Å². The highest BCUT2D eigenvalue weighted by atomic mass is 19.3. The van der Waals surface area contributed by atoms with Crippen LogP contribution >= 0.6 is 0 Å². The van der Waals surface area contributed by atoms with Gasteiger partial charge in [0.25, 0.3) is 0 Å². The minimum absolute atomic E-state index is 0.0985. The Hall–Kier alpha value is -1.72. The van der Waals surface area contributed by atoms with Gasteiger partial charge in [-0.05, 0) is 37.3 Å². The maximum atomic E-state index is 14.0. The van der Waals surface area contributed by atoms with Crippen LogP contribution in [0.2, 0.25) is 0 Å². The Morgan fingerprint density at radius 2 is 1.33 bits per heavy atom. The standard InChI is InChI=1S/C18H18F6/c1-3-4-12-6-7-13(16(20)15(12)19)8-10-14-9-5-11(2)17(21,22)18(14,23)24/h5-7,9H,3-4,8,10H2,1-2H3. The molecule has 0 saturated carbocycles. The van der Waals surface area contributed by atoms with E-state index in [-0.39, 0.29) is 17.5 Å². The maximum absolute atomic E-state index is 14.0. The first-order chi connectivity index (χ1) is 11.1. The van der Waals surface area contributed by atoms with E-state index in [0.717, 1.165) is 19.1 Å². The fourth-order valence-corrected chi connectivity index (χ4v) is 2.68. The second kappa shape index (κ2) is 6.65. The molecule has 0 fully saturated rings. The third-order valence-corrected chi connectivity index (χ3v) is 4.25. The predicted octanol–water partition coefficient (Wildman–Crippen LogP) is 6.01. The summed E-state index contributed by atoms with van der Waals surface area (Å²) in [6, 6.07) is 2.73. The Balaban J connectivity index is 2.21. The van der Waals surface area contributed by atoms with E-state index in [0.29, 0.717) is 12.8 Å². The van der Waals surface area contributed by atoms with Crippen LogP contribution in [0.1, 0.15) is 37.8 Å². The van der Waals surface area contributed by atoms with Gasteiger partial charge in [0.05, 0.1) is 0 Å². The summed E-state index contributed by atoms with van der Waals surface area (Å²) in [6.45, 7) is 2.75. The van der Waals surface area contributed by atoms with Crippen LogP contribution in [0.15, 0.2) is 35.4 Å². The molecule has 1 aromatic rings. The number of halogens is 6. The topological polar surface area (TPSA) is 0 Å². The smallest absolute Gasteiger partial charge is 0.203 e. The lowest BCUT2D eigenvalue weighted by Gasteiger charge is -2.32. The van der Waals surface area contributed by atoms with E-state index in [1.807, 2.05) is 6.92 Å². The average molecular weight is 348 g/mol. The van der Waals surface area contributed by atoms with Gasteiger partial charge in [0.15, 0.2) is 11.6 Å². The fourth-order valence-electron chi connectivity index (χ4n) is 2.68. The zero-order valence-corrected chi connectivity index (χ0v) is 13.4. The van der Waals surface area contributed by atoms with Crippen LogP contribution in [0.4, 0.5) is 26.3 Å². The third kappa shape index (κ3) is 3.10. The molecule has 1 aromatic carbocycles. The van der Waals surface area contributed by atoms with Crippen molar-refractivity contribution in [3.05, 3.63) is 58.2 Å². The average Bonchev–Trinajstić information content (AvgIpc) is 2.51. The van der Waals surface area contributed by atoms with E-state index < -0.39 is 41.0 Å². The molecule has 0 amide bonds. The quantitative estimate of drug-likeness (QED) is 0.572. The maximum Gasteiger partial charge on any atom is 0.335 e. The molecular weight excluding hydrogens is 330 g/mol. The molecule has 0 unspecified atom stereocenters. The largest absolute Gasteiger partial charge is 0.335 e. The monoisotopic (exact) mass is 348 g/mol. The van der Waals surface area contributed by atoms with Crippen LogP contribution < -0.4 is 0 Å². The van der Waals surface area contributed by atoms with Crippen LogP contribution in [0.3, 0.4) is 0 Å². The molecule has 0 N–H and O–H groups in total. The SMILES string of the molecule is CCCc1ccc(CCC2=CC=C(C)C(F)(F)C2(F)F)c(F)c1F. The van der Waals surface area contributed by atoms with Gasteiger partial charge in [-0.15, -0.1) is 0 Å². The molecular formula is C18H18F6. The molecule has 24 heavy (non-hydrogen) atoms. The van der Waals surface area contributed by atoms with Gasteiger partial charge in [0.2, 0.25) is 0 Å². The third-order valence-electron chi connectivity index (χ3n) is 4.25. The Bertz CT molecular complexity index is 685. The highest BCUT2D eigenvalue weighted by molar-refractivity contribution is 5.37. The molecule has 0 atom stereocenters. The summed E-state index contributed by atoms with van der Waals surface area (Å²) >= 11 is 0. The van der Waals surface area contributed by atoms with Gasteiger partial charge in [-0.2, -0.15) is 17.6 Å². The molecule has 0 radical (unpaired) electrons. The van der Waals surface area contributed by atoms with E-state index in [1.165, 1.54) is 12.1 Å². The molecule has 0 bridgehead atoms. The van der Waals surface area contributed by atoms with Crippen LogP contribution in [0.25, 0.3) is 0 Å². The first kappa shape index (κ1) is 18.6. The van der Waals surface area contributed by atoms with E-state index in [4.69, 9.17) is 0 Å². The van der Waals surface area contributed by atoms with Crippen LogP contribution in [-0.2, 0) is 12.8 Å². The summed E-state index contributed by atoms with van der Waals surface area (Å²) in [5.41, 5.74) is -1.39. The zero-order valence-electron chi connectivity index (χ0n) is 13.4. The molecule has 0 nitrogen and oxygen atoms in total. The predicted molar refractivity (Wildman–Crippen MR) is 80.4 cm³/mol. The van der Waals surface area contributed by atoms with E-state index in [2.05, 4.69) is 0 Å². The van der Waals surface area contributed by atoms with Gasteiger partial charge in [-0.25, -0.2) is 8.78 Å². The lowest BCUT2D eigenvalue weighted by molar-refractivity contribution is -0.164. The van der Waals surface area contributed by atoms with Crippen molar-refractivity contribution in [2.45, 2.75) is 51.4 Å². The van der Waals surface area contributed by atoms with Gasteiger partial charge in [-0.1, -0.05) is 37.6 Å². The van der Waals surface area contributed by atoms with Gasteiger partial charge >= 0.3 is 11.8 Å². The number of rotatable bonds is 5. The molecule has 1 aliphatic carbocycles. The van der Waals surface area contributed by atoms with Crippen LogP contribution in [0.5, 0.6) is 0 Å². The minimum Gasteiger partial charge on any atom is -0.203 e. The second-order valence-electron chi connectivity index (χ2n) is 5.95. The normalized spacial score (nSPS) is 19.0. The van der Waals surface area contributed by atoms with Gasteiger partial charge in [0, 0.05) is 11.1 Å². The molecule has 0 aliphatic heterocycles. The molecule has 0 heterocycles. The zero-order chi connectivity index (χ0) is 18.1. The number of benzene rings is 1. The second-order valence-corrected chi connectivity index (χ2v) is 5.95. The number of alkyl halides is 4. The van der Waals surface area contributed by atoms with E-state index >= 15 is 0 Å². The van der Waals surface area contributed by atoms with Crippen molar-refractivity contribution in [2.24, 2.45) is 0 Å². The van der Waals surface area contributed by atoms with Gasteiger partial charge in [-0.3, -0.25) is 0 Å². The van der Waals surface area contributed by atoms with Crippen molar-refractivity contribution in [2.75, 3.05) is 0 Å². The summed E-state index contributed by atoms with van der Waals surface area (Å²) in [5, 5.41) is 0. The van der Waals surface area contributed by atoms with Crippen LogP contribution in [-0.4, -0.2) is 11.8 Å². The van der Waals surface area contributed by atoms with Crippen molar-refractivity contribution >= 4 is 0 Å². The Morgan fingerprint density at radius 1 is 0.792 bits per heavy atom. The van der Waals surface area contributed by atoms with Crippen molar-refractivity contribution in [1.82, 2.24) is 0 Å². The fraction of sp³-hybridized carbons (Fsp3) is 0.444. The molecule has 2 rings (SSSR count). The number of hydrogen-bond acceptors (Lipinski definition) is 0. The number of allylic oxidation sites excluding steroid dienone is 4. The summed E-state index contributed by atoms with van der Waals surface area (Å²) in [7, 11) is 0. The Morgan fingerprint density at radius 3 is 1.88 bits per heavy atom. The number of hydrogen-bond donors (Lipinski definition) is 0. The minimum atomic E-state index is -4.33. The highest BCUT2D eigenvalue weighted by Crippen LogP contribution is 2.48. The first-order valence-corrected chi connectivity index (χ1v) is 7.72. The molecule has 1 aliphatic rings. The number of aryl methyl sites for hydroxylation is 2. The molecule has 0 saturated heterocycles. The summed E-state index contributed by atoms with van der Waals surface area (Å²) in [6.07, 6.45) is 2.12. The Kier molecular flexibility index (Phi) is 5.16. The van der Waals surface area contributed by atoms with E-state index in [9.17, 15) is 26.3 Å². The van der Waals surface area contributed by atoms with Crippen molar-refractivity contribution in [3.63, 3.8) is 0 Å². The highest BCUT2D eigenvalue weighted by Gasteiger charge is 2.60. The van der Waals surface area contributed by atoms with Gasteiger partial charge < -0.3 is 0 Å². The molecule has 6 heteroatoms. The lowest BCUT2D eigenvalue weighted by Crippen LogP contribution is -2.44. The van der Waals surface area contributed by atoms with E-state index in [1.54, 1.807) is 0 Å². The van der Waals surface area contributed by atoms with Crippen LogP contribution in [0, 0.1) is 11.6 Å². The molecule has 132 valence electrons. The first-order valence-electron chi connectivity index (χ1n) is 7.72. The van der Waals surface area contributed by atoms with Crippen molar-refractivity contribution < 1.29 is 26.3 Å². The summed E-state index contributed by atoms with van der Waals surface area (Å²) in [4.78, 5) is 0. The molecule has 0 spiro atoms. The Labute approximate surface area is 136 Å². The lowest BCUT2D eigenvalue weighted by atomic mass is 9.88. The van der Waals surface area contributed by atoms with Crippen molar-refractivity contribution in [1.29, 1.82) is 0 Å². The summed E-state index contributed by atoms with van der Waals surface area (Å²) in [5.74, 6) is -10.7. The van der Waals surface area contributed by atoms with Crippen molar-refractivity contribution in [3.8, 4) is 0 Å².